The molecule has 0 aliphatic carbocycles. The minimum Gasteiger partial charge on any atom is -0.382 e. The van der Waals surface area contributed by atoms with Crippen LogP contribution >= 0.6 is 0 Å². The van der Waals surface area contributed by atoms with Gasteiger partial charge in [-0.15, -0.1) is 0 Å². The van der Waals surface area contributed by atoms with Gasteiger partial charge in [0.2, 0.25) is 0 Å². The zero-order chi connectivity index (χ0) is 29.1. The number of hydrogen-bond donors (Lipinski definition) is 0. The van der Waals surface area contributed by atoms with Gasteiger partial charge >= 0.3 is 0 Å². The van der Waals surface area contributed by atoms with Crippen molar-refractivity contribution in [3.63, 3.8) is 0 Å². The molecular formula is C28H46O12. The van der Waals surface area contributed by atoms with Gasteiger partial charge in [-0.2, -0.15) is 0 Å². The van der Waals surface area contributed by atoms with Gasteiger partial charge in [0.05, 0.1) is 26.4 Å². The molecule has 3 rings (SSSR count). The first kappa shape index (κ1) is 33.2. The van der Waals surface area contributed by atoms with E-state index in [-0.39, 0.29) is 37.6 Å². The highest BCUT2D eigenvalue weighted by molar-refractivity contribution is 5.22. The van der Waals surface area contributed by atoms with Gasteiger partial charge in [-0.05, 0) is 11.1 Å². The maximum absolute atomic E-state index is 6.18. The number of rotatable bonds is 16. The topological polar surface area (TPSA) is 111 Å². The van der Waals surface area contributed by atoms with Crippen molar-refractivity contribution in [3.05, 3.63) is 35.4 Å². The summed E-state index contributed by atoms with van der Waals surface area (Å²) in [4.78, 5) is 0. The SMILES string of the molecule is COC[C@H]1O[C@@H](OCc2cccc(CO[C@@H]3O[C@H](COC)[C@H](OC)[C@H](OC)[C@H]3OC)c2)[C@H](OC)[C@@H](OC)[C@H]1OC. The molecule has 0 aromatic heterocycles. The van der Waals surface area contributed by atoms with E-state index in [2.05, 4.69) is 0 Å². The Kier molecular flexibility index (Phi) is 14.1. The first-order valence-electron chi connectivity index (χ1n) is 13.3. The molecule has 0 radical (unpaired) electrons. The second kappa shape index (κ2) is 17.0. The van der Waals surface area contributed by atoms with E-state index in [0.717, 1.165) is 11.1 Å². The lowest BCUT2D eigenvalue weighted by Gasteiger charge is -2.44. The fourth-order valence-corrected chi connectivity index (χ4v) is 5.39. The van der Waals surface area contributed by atoms with E-state index >= 15 is 0 Å². The minimum absolute atomic E-state index is 0.282. The van der Waals surface area contributed by atoms with Crippen molar-refractivity contribution < 1.29 is 56.8 Å². The van der Waals surface area contributed by atoms with Crippen LogP contribution in [0.15, 0.2) is 24.3 Å². The first-order valence-corrected chi connectivity index (χ1v) is 13.3. The van der Waals surface area contributed by atoms with Crippen molar-refractivity contribution in [1.29, 1.82) is 0 Å². The number of benzene rings is 1. The summed E-state index contributed by atoms with van der Waals surface area (Å²) in [6.45, 7) is 1.22. The van der Waals surface area contributed by atoms with Gasteiger partial charge < -0.3 is 56.8 Å². The Labute approximate surface area is 237 Å². The van der Waals surface area contributed by atoms with E-state index in [1.807, 2.05) is 24.3 Å². The molecule has 2 aliphatic rings. The Hall–Kier alpha value is -1.26. The maximum atomic E-state index is 6.18. The van der Waals surface area contributed by atoms with Crippen LogP contribution < -0.4 is 0 Å². The molecule has 2 fully saturated rings. The van der Waals surface area contributed by atoms with E-state index in [4.69, 9.17) is 56.8 Å². The number of methoxy groups -OCH3 is 8. The second-order valence-corrected chi connectivity index (χ2v) is 9.64. The fourth-order valence-electron chi connectivity index (χ4n) is 5.39. The lowest BCUT2D eigenvalue weighted by Crippen LogP contribution is -2.61. The zero-order valence-corrected chi connectivity index (χ0v) is 24.8. The molecule has 0 unspecified atom stereocenters. The molecule has 0 saturated carbocycles. The molecular weight excluding hydrogens is 528 g/mol. The van der Waals surface area contributed by atoms with Crippen molar-refractivity contribution in [2.45, 2.75) is 74.6 Å². The summed E-state index contributed by atoms with van der Waals surface area (Å²) < 4.78 is 69.4. The predicted molar refractivity (Wildman–Crippen MR) is 142 cm³/mol. The van der Waals surface area contributed by atoms with E-state index in [0.29, 0.717) is 13.2 Å². The number of hydrogen-bond acceptors (Lipinski definition) is 12. The van der Waals surface area contributed by atoms with E-state index in [1.54, 1.807) is 56.9 Å². The third-order valence-electron chi connectivity index (χ3n) is 7.30. The first-order chi connectivity index (χ1) is 19.5. The van der Waals surface area contributed by atoms with Gasteiger partial charge in [-0.3, -0.25) is 0 Å². The standard InChI is InChI=1S/C28H46O12/c1-29-15-19-21(31-3)23(33-5)25(35-7)27(39-19)37-13-17-10-9-11-18(12-17)14-38-28-26(36-8)24(34-6)22(32-4)20(40-28)16-30-2/h9-12,19-28H,13-16H2,1-8H3/t19-,20-,21+,22+,23+,24+,25-,26-,27-,28-/m1/s1. The summed E-state index contributed by atoms with van der Waals surface area (Å²) in [6, 6.07) is 7.90. The molecule has 230 valence electrons. The molecule has 1 aromatic rings. The van der Waals surface area contributed by atoms with Crippen LogP contribution in [0.2, 0.25) is 0 Å². The summed E-state index contributed by atoms with van der Waals surface area (Å²) >= 11 is 0. The van der Waals surface area contributed by atoms with Crippen LogP contribution in [0.3, 0.4) is 0 Å². The van der Waals surface area contributed by atoms with Crippen LogP contribution in [0.1, 0.15) is 11.1 Å². The molecule has 1 aromatic carbocycles. The summed E-state index contributed by atoms with van der Waals surface area (Å²) in [7, 11) is 12.9. The molecule has 12 heteroatoms. The van der Waals surface area contributed by atoms with Gasteiger partial charge in [0, 0.05) is 56.9 Å². The highest BCUT2D eigenvalue weighted by Gasteiger charge is 2.48. The largest absolute Gasteiger partial charge is 0.382 e. The second-order valence-electron chi connectivity index (χ2n) is 9.64. The monoisotopic (exact) mass is 574 g/mol. The Bertz CT molecular complexity index is 780. The summed E-state index contributed by atoms with van der Waals surface area (Å²) in [5, 5.41) is 0. The van der Waals surface area contributed by atoms with Crippen LogP contribution in [-0.4, -0.2) is 132 Å². The molecule has 0 bridgehead atoms. The van der Waals surface area contributed by atoms with Crippen LogP contribution in [0, 0.1) is 0 Å². The van der Waals surface area contributed by atoms with Crippen molar-refractivity contribution in [2.75, 3.05) is 70.1 Å². The molecule has 2 saturated heterocycles. The molecule has 10 atom stereocenters. The Balaban J connectivity index is 1.65. The molecule has 12 nitrogen and oxygen atoms in total. The predicted octanol–water partition coefficient (Wildman–Crippen LogP) is 1.55. The highest BCUT2D eigenvalue weighted by Crippen LogP contribution is 2.30. The van der Waals surface area contributed by atoms with Gasteiger partial charge in [0.25, 0.3) is 0 Å². The van der Waals surface area contributed by atoms with Crippen molar-refractivity contribution >= 4 is 0 Å². The average molecular weight is 575 g/mol. The molecule has 0 amide bonds. The normalized spacial score (nSPS) is 34.7. The third-order valence-corrected chi connectivity index (χ3v) is 7.30. The zero-order valence-electron chi connectivity index (χ0n) is 24.8. The quantitative estimate of drug-likeness (QED) is 0.286. The highest BCUT2D eigenvalue weighted by atomic mass is 16.7. The Morgan fingerprint density at radius 3 is 1.23 bits per heavy atom. The smallest absolute Gasteiger partial charge is 0.187 e. The van der Waals surface area contributed by atoms with E-state index in [9.17, 15) is 0 Å². The van der Waals surface area contributed by atoms with Crippen LogP contribution in [0.4, 0.5) is 0 Å². The fraction of sp³-hybridized carbons (Fsp3) is 0.786. The van der Waals surface area contributed by atoms with Crippen LogP contribution in [0.5, 0.6) is 0 Å². The molecule has 0 N–H and O–H groups in total. The van der Waals surface area contributed by atoms with Gasteiger partial charge in [0.1, 0.15) is 48.8 Å². The molecule has 40 heavy (non-hydrogen) atoms. The maximum Gasteiger partial charge on any atom is 0.187 e. The van der Waals surface area contributed by atoms with Gasteiger partial charge in [-0.25, -0.2) is 0 Å². The van der Waals surface area contributed by atoms with Crippen LogP contribution in [0.25, 0.3) is 0 Å². The van der Waals surface area contributed by atoms with Gasteiger partial charge in [0.15, 0.2) is 12.6 Å². The van der Waals surface area contributed by atoms with Crippen molar-refractivity contribution in [3.8, 4) is 0 Å². The third kappa shape index (κ3) is 7.97. The number of ether oxygens (including phenoxy) is 12. The summed E-state index contributed by atoms with van der Waals surface area (Å²) in [5.74, 6) is 0. The average Bonchev–Trinajstić information content (AvgIpc) is 2.98. The molecule has 0 spiro atoms. The Morgan fingerprint density at radius 2 is 0.900 bits per heavy atom. The van der Waals surface area contributed by atoms with Crippen molar-refractivity contribution in [2.24, 2.45) is 0 Å². The van der Waals surface area contributed by atoms with E-state index in [1.165, 1.54) is 0 Å². The lowest BCUT2D eigenvalue weighted by atomic mass is 9.98. The molecule has 2 aliphatic heterocycles. The van der Waals surface area contributed by atoms with Crippen LogP contribution in [-0.2, 0) is 70.1 Å². The lowest BCUT2D eigenvalue weighted by molar-refractivity contribution is -0.316. The van der Waals surface area contributed by atoms with Gasteiger partial charge in [-0.1, -0.05) is 24.3 Å². The minimum atomic E-state index is -0.683. The molecule has 2 heterocycles. The summed E-state index contributed by atoms with van der Waals surface area (Å²) in [5.41, 5.74) is 1.87. The van der Waals surface area contributed by atoms with E-state index < -0.39 is 37.0 Å². The summed E-state index contributed by atoms with van der Waals surface area (Å²) in [6.07, 6.45) is -4.63. The Morgan fingerprint density at radius 1 is 0.525 bits per heavy atom. The van der Waals surface area contributed by atoms with Crippen molar-refractivity contribution in [1.82, 2.24) is 0 Å².